The predicted octanol–water partition coefficient (Wildman–Crippen LogP) is 0.715. The van der Waals surface area contributed by atoms with Gasteiger partial charge in [0, 0.05) is 13.0 Å². The van der Waals surface area contributed by atoms with E-state index in [1.807, 2.05) is 30.3 Å². The predicted molar refractivity (Wildman–Crippen MR) is 77.6 cm³/mol. The van der Waals surface area contributed by atoms with Crippen LogP contribution in [0.15, 0.2) is 30.3 Å². The van der Waals surface area contributed by atoms with E-state index in [0.29, 0.717) is 0 Å². The van der Waals surface area contributed by atoms with Gasteiger partial charge in [-0.15, -0.1) is 0 Å². The SMILES string of the molecule is CC(C)(NC(=O)CCNC(=O)Cc1ccccc1)C(=O)O. The number of nitrogens with one attached hydrogen (secondary N) is 2. The number of carbonyl (C=O) groups is 3. The molecule has 3 N–H and O–H groups in total. The molecule has 0 aliphatic heterocycles. The standard InChI is InChI=1S/C15H20N2O4/c1-15(2,14(20)21)17-12(18)8-9-16-13(19)10-11-6-4-3-5-7-11/h3-7H,8-10H2,1-2H3,(H,16,19)(H,17,18)(H,20,21). The van der Waals surface area contributed by atoms with Crippen molar-refractivity contribution in [3.05, 3.63) is 35.9 Å². The Kier molecular flexibility index (Phi) is 5.90. The molecular formula is C15H20N2O4. The van der Waals surface area contributed by atoms with E-state index in [1.54, 1.807) is 0 Å². The van der Waals surface area contributed by atoms with Gasteiger partial charge in [-0.3, -0.25) is 9.59 Å². The quantitative estimate of drug-likeness (QED) is 0.690. The summed E-state index contributed by atoms with van der Waals surface area (Å²) in [4.78, 5) is 34.1. The lowest BCUT2D eigenvalue weighted by Crippen LogP contribution is -2.50. The van der Waals surface area contributed by atoms with Crippen LogP contribution in [0.25, 0.3) is 0 Å². The molecule has 6 nitrogen and oxygen atoms in total. The molecule has 0 spiro atoms. The van der Waals surface area contributed by atoms with Crippen LogP contribution in [-0.4, -0.2) is 35.0 Å². The first-order chi connectivity index (χ1) is 9.81. The summed E-state index contributed by atoms with van der Waals surface area (Å²) in [5, 5.41) is 13.9. The molecule has 114 valence electrons. The van der Waals surface area contributed by atoms with Crippen molar-refractivity contribution in [3.8, 4) is 0 Å². The topological polar surface area (TPSA) is 95.5 Å². The van der Waals surface area contributed by atoms with Crippen LogP contribution in [0.4, 0.5) is 0 Å². The zero-order valence-electron chi connectivity index (χ0n) is 12.2. The normalized spacial score (nSPS) is 10.8. The van der Waals surface area contributed by atoms with Crippen LogP contribution >= 0.6 is 0 Å². The van der Waals surface area contributed by atoms with E-state index in [-0.39, 0.29) is 25.3 Å². The summed E-state index contributed by atoms with van der Waals surface area (Å²) in [5.41, 5.74) is -0.419. The zero-order chi connectivity index (χ0) is 15.9. The second-order valence-corrected chi connectivity index (χ2v) is 5.24. The number of amides is 2. The van der Waals surface area contributed by atoms with Crippen LogP contribution in [0, 0.1) is 0 Å². The highest BCUT2D eigenvalue weighted by atomic mass is 16.4. The Hall–Kier alpha value is -2.37. The molecule has 0 bridgehead atoms. The van der Waals surface area contributed by atoms with E-state index in [9.17, 15) is 14.4 Å². The number of hydrogen-bond donors (Lipinski definition) is 3. The largest absolute Gasteiger partial charge is 0.480 e. The molecule has 0 aromatic heterocycles. The first kappa shape index (κ1) is 16.7. The number of carbonyl (C=O) groups excluding carboxylic acids is 2. The molecule has 0 aliphatic rings. The van der Waals surface area contributed by atoms with E-state index in [1.165, 1.54) is 13.8 Å². The average molecular weight is 292 g/mol. The summed E-state index contributed by atoms with van der Waals surface area (Å²) in [6, 6.07) is 9.27. The lowest BCUT2D eigenvalue weighted by molar-refractivity contribution is -0.146. The third-order valence-corrected chi connectivity index (χ3v) is 2.87. The van der Waals surface area contributed by atoms with Gasteiger partial charge in [0.1, 0.15) is 5.54 Å². The van der Waals surface area contributed by atoms with Crippen molar-refractivity contribution in [2.45, 2.75) is 32.2 Å². The fourth-order valence-electron chi connectivity index (χ4n) is 1.62. The van der Waals surface area contributed by atoms with Crippen LogP contribution in [0.5, 0.6) is 0 Å². The van der Waals surface area contributed by atoms with Gasteiger partial charge in [0.15, 0.2) is 0 Å². The van der Waals surface area contributed by atoms with Crippen LogP contribution in [-0.2, 0) is 20.8 Å². The Balaban J connectivity index is 2.29. The molecule has 0 unspecified atom stereocenters. The van der Waals surface area contributed by atoms with Gasteiger partial charge in [-0.2, -0.15) is 0 Å². The van der Waals surface area contributed by atoms with Crippen LogP contribution < -0.4 is 10.6 Å². The van der Waals surface area contributed by atoms with Crippen molar-refractivity contribution >= 4 is 17.8 Å². The Labute approximate surface area is 123 Å². The molecule has 0 radical (unpaired) electrons. The van der Waals surface area contributed by atoms with Gasteiger partial charge in [-0.25, -0.2) is 4.79 Å². The zero-order valence-corrected chi connectivity index (χ0v) is 12.2. The van der Waals surface area contributed by atoms with Gasteiger partial charge in [0.25, 0.3) is 0 Å². The summed E-state index contributed by atoms with van der Waals surface area (Å²) >= 11 is 0. The molecule has 0 saturated carbocycles. The number of benzene rings is 1. The smallest absolute Gasteiger partial charge is 0.328 e. The third kappa shape index (κ3) is 6.07. The molecule has 0 heterocycles. The van der Waals surface area contributed by atoms with E-state index in [0.717, 1.165) is 5.56 Å². The van der Waals surface area contributed by atoms with Crippen LogP contribution in [0.3, 0.4) is 0 Å². The van der Waals surface area contributed by atoms with Gasteiger partial charge in [0.05, 0.1) is 6.42 Å². The highest BCUT2D eigenvalue weighted by Crippen LogP contribution is 2.02. The first-order valence-electron chi connectivity index (χ1n) is 6.66. The Bertz CT molecular complexity index is 512. The lowest BCUT2D eigenvalue weighted by atomic mass is 10.1. The molecule has 2 amide bonds. The summed E-state index contributed by atoms with van der Waals surface area (Å²) in [7, 11) is 0. The van der Waals surface area contributed by atoms with Gasteiger partial charge < -0.3 is 15.7 Å². The van der Waals surface area contributed by atoms with Gasteiger partial charge in [0.2, 0.25) is 11.8 Å². The van der Waals surface area contributed by atoms with Crippen molar-refractivity contribution in [2.75, 3.05) is 6.54 Å². The Morgan fingerprint density at radius 1 is 1.10 bits per heavy atom. The summed E-state index contributed by atoms with van der Waals surface area (Å²) in [5.74, 6) is -1.70. The minimum absolute atomic E-state index is 0.0389. The number of rotatable bonds is 7. The summed E-state index contributed by atoms with van der Waals surface area (Å²) in [6.45, 7) is 2.98. The van der Waals surface area contributed by atoms with Crippen molar-refractivity contribution < 1.29 is 19.5 Å². The minimum Gasteiger partial charge on any atom is -0.480 e. The summed E-state index contributed by atoms with van der Waals surface area (Å²) < 4.78 is 0. The molecule has 0 aliphatic carbocycles. The van der Waals surface area contributed by atoms with E-state index in [4.69, 9.17) is 5.11 Å². The minimum atomic E-state index is -1.31. The van der Waals surface area contributed by atoms with Crippen LogP contribution in [0.1, 0.15) is 25.8 Å². The third-order valence-electron chi connectivity index (χ3n) is 2.87. The molecule has 0 fully saturated rings. The number of carboxylic acid groups (broad SMARTS) is 1. The van der Waals surface area contributed by atoms with Gasteiger partial charge in [-0.1, -0.05) is 30.3 Å². The maximum atomic E-state index is 11.7. The van der Waals surface area contributed by atoms with Crippen molar-refractivity contribution in [2.24, 2.45) is 0 Å². The maximum Gasteiger partial charge on any atom is 0.328 e. The Morgan fingerprint density at radius 2 is 1.71 bits per heavy atom. The maximum absolute atomic E-state index is 11.7. The van der Waals surface area contributed by atoms with Crippen molar-refractivity contribution in [3.63, 3.8) is 0 Å². The molecule has 6 heteroatoms. The highest BCUT2D eigenvalue weighted by Gasteiger charge is 2.28. The second kappa shape index (κ2) is 7.42. The fourth-order valence-corrected chi connectivity index (χ4v) is 1.62. The Morgan fingerprint density at radius 3 is 2.29 bits per heavy atom. The summed E-state index contributed by atoms with van der Waals surface area (Å²) in [6.07, 6.45) is 0.292. The van der Waals surface area contributed by atoms with Gasteiger partial charge >= 0.3 is 5.97 Å². The molecule has 0 saturated heterocycles. The number of hydrogen-bond acceptors (Lipinski definition) is 3. The molecule has 1 aromatic carbocycles. The van der Waals surface area contributed by atoms with Crippen molar-refractivity contribution in [1.82, 2.24) is 10.6 Å². The molecule has 21 heavy (non-hydrogen) atoms. The molecule has 1 aromatic rings. The van der Waals surface area contributed by atoms with E-state index in [2.05, 4.69) is 10.6 Å². The first-order valence-corrected chi connectivity index (χ1v) is 6.66. The molecular weight excluding hydrogens is 272 g/mol. The van der Waals surface area contributed by atoms with E-state index >= 15 is 0 Å². The van der Waals surface area contributed by atoms with Crippen LogP contribution in [0.2, 0.25) is 0 Å². The molecule has 1 rings (SSSR count). The van der Waals surface area contributed by atoms with E-state index < -0.39 is 17.4 Å². The van der Waals surface area contributed by atoms with Gasteiger partial charge in [-0.05, 0) is 19.4 Å². The average Bonchev–Trinajstić information content (AvgIpc) is 2.39. The number of aliphatic carboxylic acids is 1. The lowest BCUT2D eigenvalue weighted by Gasteiger charge is -2.20. The molecule has 0 atom stereocenters. The fraction of sp³-hybridized carbons (Fsp3) is 0.400. The highest BCUT2D eigenvalue weighted by molar-refractivity contribution is 5.86. The second-order valence-electron chi connectivity index (χ2n) is 5.24. The monoisotopic (exact) mass is 292 g/mol. The number of carboxylic acids is 1. The van der Waals surface area contributed by atoms with Crippen molar-refractivity contribution in [1.29, 1.82) is 0 Å².